The number of carbonyl (C=O) groups excluding carboxylic acids is 12. The summed E-state index contributed by atoms with van der Waals surface area (Å²) in [5, 5.41) is 33.0. The fraction of sp³-hybridized carbons (Fsp3) is 0.446. The third-order valence-corrected chi connectivity index (χ3v) is 14.5. The standard InChI is InChI=1S/C56H68N8O19S/c1-31(65)63(79)30-15-21-39(51(74)60-44(36-17-9-8-10-18-36)52(75)61-45-53(76)64-48(55(77)78)56(6,7)84-54(45)64)59-42(70)24-25-43(71)62(29-16-27-58-50(73)38-20-14-23-41(81-33(3)67)47(38)83-35(5)69)28-12-11-26-57-49(72)37-19-13-22-40(80-32(2)66)46(37)82-34(4)68/h8-10,13-14,17-20,22-23,39,44-45,48,54,79H,11-12,15-16,21,24-30H2,1-7H3,(H,57,72)(H,58,73)(H,59,70)(H,60,74)(H,61,75)(H,77,78)/t39-,44+,45+,48-,54?/m0/s1. The van der Waals surface area contributed by atoms with Crippen molar-refractivity contribution in [3.8, 4) is 23.0 Å². The van der Waals surface area contributed by atoms with Crippen molar-refractivity contribution in [2.75, 3.05) is 32.7 Å². The normalized spacial score (nSPS) is 16.2. The number of carboxylic acids is 1. The van der Waals surface area contributed by atoms with E-state index >= 15 is 0 Å². The van der Waals surface area contributed by atoms with Gasteiger partial charge in [0.2, 0.25) is 35.4 Å². The maximum atomic E-state index is 14.3. The van der Waals surface area contributed by atoms with Gasteiger partial charge in [0.25, 0.3) is 11.8 Å². The Kier molecular flexibility index (Phi) is 23.8. The molecule has 5 rings (SSSR count). The summed E-state index contributed by atoms with van der Waals surface area (Å²) in [6.45, 7) is 8.74. The summed E-state index contributed by atoms with van der Waals surface area (Å²) >= 11 is 1.20. The second-order valence-corrected chi connectivity index (χ2v) is 21.7. The second-order valence-electron chi connectivity index (χ2n) is 19.9. The number of rotatable bonds is 29. The monoisotopic (exact) mass is 1190 g/mol. The first-order valence-electron chi connectivity index (χ1n) is 26.7. The zero-order valence-electron chi connectivity index (χ0n) is 47.3. The number of esters is 4. The van der Waals surface area contributed by atoms with Crippen molar-refractivity contribution in [3.05, 3.63) is 83.4 Å². The summed E-state index contributed by atoms with van der Waals surface area (Å²) in [6, 6.07) is 11.0. The zero-order chi connectivity index (χ0) is 62.0. The van der Waals surface area contributed by atoms with Gasteiger partial charge in [-0.15, -0.1) is 11.8 Å². The van der Waals surface area contributed by atoms with E-state index in [4.69, 9.17) is 18.9 Å². The second kappa shape index (κ2) is 30.4. The van der Waals surface area contributed by atoms with E-state index < -0.39 is 124 Å². The van der Waals surface area contributed by atoms with Crippen LogP contribution < -0.4 is 45.5 Å². The van der Waals surface area contributed by atoms with Gasteiger partial charge in [-0.1, -0.05) is 42.5 Å². The molecule has 0 bridgehead atoms. The lowest BCUT2D eigenvalue weighted by atomic mass is 9.95. The van der Waals surface area contributed by atoms with Crippen LogP contribution in [0.5, 0.6) is 23.0 Å². The number of hydroxylamine groups is 2. The molecule has 0 aliphatic carbocycles. The molecule has 1 unspecified atom stereocenters. The number of benzene rings is 3. The van der Waals surface area contributed by atoms with Crippen molar-refractivity contribution in [3.63, 3.8) is 0 Å². The number of hydrogen-bond donors (Lipinski definition) is 7. The molecule has 0 radical (unpaired) electrons. The van der Waals surface area contributed by atoms with Gasteiger partial charge in [-0.2, -0.15) is 0 Å². The molecular formula is C56H68N8O19S. The van der Waals surface area contributed by atoms with Gasteiger partial charge >= 0.3 is 29.8 Å². The average molecular weight is 1190 g/mol. The molecule has 8 amide bonds. The van der Waals surface area contributed by atoms with Crippen LogP contribution in [-0.4, -0.2) is 163 Å². The molecule has 27 nitrogen and oxygen atoms in total. The van der Waals surface area contributed by atoms with Gasteiger partial charge in [0.1, 0.15) is 29.5 Å². The Labute approximate surface area is 487 Å². The van der Waals surface area contributed by atoms with Gasteiger partial charge in [-0.05, 0) is 75.8 Å². The molecule has 84 heavy (non-hydrogen) atoms. The molecule has 2 heterocycles. The predicted molar refractivity (Wildman–Crippen MR) is 296 cm³/mol. The minimum absolute atomic E-state index is 0.00959. The lowest BCUT2D eigenvalue weighted by Crippen LogP contribution is -2.71. The highest BCUT2D eigenvalue weighted by Gasteiger charge is 2.64. The molecule has 0 aromatic heterocycles. The number of ether oxygens (including phenoxy) is 4. The molecule has 452 valence electrons. The molecule has 2 aliphatic heterocycles. The van der Waals surface area contributed by atoms with Crippen LogP contribution in [0, 0.1) is 0 Å². The maximum absolute atomic E-state index is 14.3. The van der Waals surface area contributed by atoms with Crippen molar-refractivity contribution in [2.45, 2.75) is 128 Å². The average Bonchev–Trinajstić information content (AvgIpc) is 1.64. The van der Waals surface area contributed by atoms with Gasteiger partial charge < -0.3 is 60.4 Å². The fourth-order valence-corrected chi connectivity index (χ4v) is 10.7. The Morgan fingerprint density at radius 1 is 0.643 bits per heavy atom. The van der Waals surface area contributed by atoms with Crippen molar-refractivity contribution < 1.29 is 91.6 Å². The number of unbranched alkanes of at least 4 members (excludes halogenated alkanes) is 1. The van der Waals surface area contributed by atoms with E-state index in [2.05, 4.69) is 26.6 Å². The van der Waals surface area contributed by atoms with E-state index in [-0.39, 0.29) is 105 Å². The highest BCUT2D eigenvalue weighted by molar-refractivity contribution is 8.01. The topological polar surface area (TPSA) is 369 Å². The first kappa shape index (κ1) is 65.9. The Morgan fingerprint density at radius 2 is 1.18 bits per heavy atom. The molecule has 28 heteroatoms. The van der Waals surface area contributed by atoms with Crippen molar-refractivity contribution in [1.82, 2.24) is 41.4 Å². The van der Waals surface area contributed by atoms with Gasteiger partial charge in [-0.25, -0.2) is 9.86 Å². The number of hydrogen-bond acceptors (Lipinski definition) is 19. The van der Waals surface area contributed by atoms with Crippen LogP contribution in [0.1, 0.15) is 126 Å². The highest BCUT2D eigenvalue weighted by Crippen LogP contribution is 2.51. The van der Waals surface area contributed by atoms with E-state index in [1.54, 1.807) is 44.2 Å². The summed E-state index contributed by atoms with van der Waals surface area (Å²) in [6.07, 6.45) is -0.421. The highest BCUT2D eigenvalue weighted by atomic mass is 32.2. The molecule has 3 aromatic rings. The summed E-state index contributed by atoms with van der Waals surface area (Å²) in [5.41, 5.74) is 0.0498. The third-order valence-electron chi connectivity index (χ3n) is 12.9. The van der Waals surface area contributed by atoms with Crippen LogP contribution in [-0.2, 0) is 52.7 Å². The van der Waals surface area contributed by atoms with Crippen molar-refractivity contribution >= 4 is 88.9 Å². The number of nitrogens with one attached hydrogen (secondary N) is 5. The van der Waals surface area contributed by atoms with Crippen molar-refractivity contribution in [1.29, 1.82) is 0 Å². The van der Waals surface area contributed by atoms with E-state index in [9.17, 15) is 72.6 Å². The van der Waals surface area contributed by atoms with Gasteiger partial charge in [-0.3, -0.25) is 62.7 Å². The molecule has 0 spiro atoms. The van der Waals surface area contributed by atoms with E-state index in [0.29, 0.717) is 5.06 Å². The van der Waals surface area contributed by atoms with E-state index in [1.165, 1.54) is 58.0 Å². The summed E-state index contributed by atoms with van der Waals surface area (Å²) in [4.78, 5) is 170. The lowest BCUT2D eigenvalue weighted by Gasteiger charge is -2.44. The Morgan fingerprint density at radius 3 is 1.70 bits per heavy atom. The molecule has 7 N–H and O–H groups in total. The van der Waals surface area contributed by atoms with E-state index in [1.807, 2.05) is 0 Å². The van der Waals surface area contributed by atoms with Crippen LogP contribution in [0.2, 0.25) is 0 Å². The molecule has 3 aromatic carbocycles. The van der Waals surface area contributed by atoms with Crippen LogP contribution in [0.25, 0.3) is 0 Å². The summed E-state index contributed by atoms with van der Waals surface area (Å²) in [5.74, 6) is -10.9. The fourth-order valence-electron chi connectivity index (χ4n) is 9.10. The minimum Gasteiger partial charge on any atom is -0.480 e. The van der Waals surface area contributed by atoms with Gasteiger partial charge in [0.05, 0.1) is 11.1 Å². The Balaban J connectivity index is 1.29. The quantitative estimate of drug-likeness (QED) is 0.0131. The van der Waals surface area contributed by atoms with Crippen LogP contribution in [0.15, 0.2) is 66.7 Å². The first-order valence-corrected chi connectivity index (χ1v) is 27.6. The molecule has 0 saturated carbocycles. The smallest absolute Gasteiger partial charge is 0.327 e. The minimum atomic E-state index is -1.45. The molecule has 2 aliphatic rings. The number of aliphatic carboxylic acids is 1. The van der Waals surface area contributed by atoms with Crippen LogP contribution in [0.4, 0.5) is 0 Å². The van der Waals surface area contributed by atoms with Crippen LogP contribution >= 0.6 is 11.8 Å². The lowest BCUT2D eigenvalue weighted by molar-refractivity contribution is -0.163. The maximum Gasteiger partial charge on any atom is 0.327 e. The summed E-state index contributed by atoms with van der Waals surface area (Å²) in [7, 11) is 0. The first-order chi connectivity index (χ1) is 39.7. The third kappa shape index (κ3) is 18.3. The number of β-lactam (4-membered cyclic amide) rings is 1. The van der Waals surface area contributed by atoms with Gasteiger partial charge in [0, 0.05) is 84.9 Å². The molecule has 2 fully saturated rings. The molecule has 2 saturated heterocycles. The number of fused-ring (bicyclic) bond motifs is 1. The molecule has 5 atom stereocenters. The number of carboxylic acid groups (broad SMARTS) is 1. The summed E-state index contributed by atoms with van der Waals surface area (Å²) < 4.78 is 19.8. The number of carbonyl (C=O) groups is 13. The van der Waals surface area contributed by atoms with Crippen LogP contribution in [0.3, 0.4) is 0 Å². The Bertz CT molecular complexity index is 3010. The zero-order valence-corrected chi connectivity index (χ0v) is 48.1. The van der Waals surface area contributed by atoms with Gasteiger partial charge in [0.15, 0.2) is 23.0 Å². The molecular weight excluding hydrogens is 1120 g/mol. The Hall–Kier alpha value is -8.92. The largest absolute Gasteiger partial charge is 0.480 e. The van der Waals surface area contributed by atoms with Crippen molar-refractivity contribution in [2.24, 2.45) is 0 Å². The SMILES string of the molecule is CC(=O)Oc1cccc(C(=O)NCCCCN(CCCNC(=O)c2cccc(OC(C)=O)c2OC(C)=O)C(=O)CCC(=O)N[C@@H](CCCN(O)C(C)=O)C(=O)N[C@@H](C(=O)N[C@@H]2C(=O)N3C2SC(C)(C)[C@@H]3C(=O)O)c2ccccc2)c1OC(C)=O. The van der Waals surface area contributed by atoms with E-state index in [0.717, 1.165) is 34.6 Å². The number of amides is 8. The number of nitrogens with zero attached hydrogens (tertiary/aromatic N) is 3. The predicted octanol–water partition coefficient (Wildman–Crippen LogP) is 2.32. The number of para-hydroxylation sites is 2. The number of thioether (sulfide) groups is 1.